The van der Waals surface area contributed by atoms with Crippen molar-refractivity contribution in [3.63, 3.8) is 0 Å². The van der Waals surface area contributed by atoms with Gasteiger partial charge in [-0.15, -0.1) is 0 Å². The summed E-state index contributed by atoms with van der Waals surface area (Å²) in [6.07, 6.45) is 7.09. The summed E-state index contributed by atoms with van der Waals surface area (Å²) < 4.78 is 11.1. The molecule has 2 aromatic rings. The van der Waals surface area contributed by atoms with Crippen LogP contribution >= 0.6 is 0 Å². The molecule has 0 aliphatic heterocycles. The lowest BCUT2D eigenvalue weighted by atomic mass is 10.0. The topological polar surface area (TPSA) is 31.4 Å². The van der Waals surface area contributed by atoms with Crippen LogP contribution in [0.2, 0.25) is 0 Å². The molecular formula is C14H15NO2. The Labute approximate surface area is 100 Å². The number of pyridine rings is 1. The van der Waals surface area contributed by atoms with Crippen LogP contribution in [-0.4, -0.2) is 19.2 Å². The Balaban J connectivity index is 2.45. The molecule has 17 heavy (non-hydrogen) atoms. The second-order valence-electron chi connectivity index (χ2n) is 4.30. The average Bonchev–Trinajstić information content (AvgIpc) is 2.86. The molecule has 0 spiro atoms. The number of rotatable bonds is 2. The zero-order valence-electron chi connectivity index (χ0n) is 10.1. The van der Waals surface area contributed by atoms with Gasteiger partial charge in [-0.05, 0) is 30.9 Å². The Bertz CT molecular complexity index is 578. The number of aromatic nitrogens is 1. The molecule has 1 aliphatic rings. The van der Waals surface area contributed by atoms with E-state index in [1.165, 1.54) is 22.9 Å². The van der Waals surface area contributed by atoms with Crippen LogP contribution in [0.25, 0.3) is 10.8 Å². The molecule has 3 nitrogen and oxygen atoms in total. The predicted octanol–water partition coefficient (Wildman–Crippen LogP) is 2.74. The Morgan fingerprint density at radius 1 is 1.00 bits per heavy atom. The zero-order chi connectivity index (χ0) is 11.8. The molecule has 1 heterocycles. The number of aryl methyl sites for hydroxylation is 1. The summed E-state index contributed by atoms with van der Waals surface area (Å²) in [5.74, 6) is 1.74. The van der Waals surface area contributed by atoms with Crippen molar-refractivity contribution >= 4 is 10.8 Å². The first-order valence-electron chi connectivity index (χ1n) is 5.86. The van der Waals surface area contributed by atoms with Gasteiger partial charge in [-0.2, -0.15) is 0 Å². The van der Waals surface area contributed by atoms with Crippen LogP contribution in [0, 0.1) is 0 Å². The van der Waals surface area contributed by atoms with E-state index in [0.29, 0.717) is 0 Å². The molecule has 0 bridgehead atoms. The molecule has 0 N–H and O–H groups in total. The summed E-state index contributed by atoms with van der Waals surface area (Å²) in [6.45, 7) is 0. The third-order valence-electron chi connectivity index (χ3n) is 3.50. The van der Waals surface area contributed by atoms with E-state index in [1.807, 2.05) is 12.3 Å². The van der Waals surface area contributed by atoms with E-state index in [4.69, 9.17) is 9.47 Å². The predicted molar refractivity (Wildman–Crippen MR) is 66.9 cm³/mol. The zero-order valence-corrected chi connectivity index (χ0v) is 10.1. The van der Waals surface area contributed by atoms with Gasteiger partial charge in [-0.1, -0.05) is 0 Å². The summed E-state index contributed by atoms with van der Waals surface area (Å²) in [6, 6.07) is 2.00. The molecule has 1 aromatic carbocycles. The fourth-order valence-electron chi connectivity index (χ4n) is 2.80. The molecule has 0 saturated carbocycles. The van der Waals surface area contributed by atoms with Gasteiger partial charge >= 0.3 is 0 Å². The number of hydrogen-bond acceptors (Lipinski definition) is 3. The smallest absolute Gasteiger partial charge is 0.168 e. The molecule has 0 amide bonds. The van der Waals surface area contributed by atoms with Crippen molar-refractivity contribution in [3.05, 3.63) is 29.6 Å². The van der Waals surface area contributed by atoms with E-state index in [9.17, 15) is 0 Å². The standard InChI is InChI=1S/C14H15NO2/c1-16-13-10-5-3-4-9(10)12-8-15-7-6-11(12)14(13)17-2/h6-8H,3-5H2,1-2H3. The van der Waals surface area contributed by atoms with Gasteiger partial charge in [-0.25, -0.2) is 0 Å². The number of nitrogens with zero attached hydrogens (tertiary/aromatic N) is 1. The number of fused-ring (bicyclic) bond motifs is 3. The largest absolute Gasteiger partial charge is 0.493 e. The molecule has 1 aromatic heterocycles. The number of ether oxygens (including phenoxy) is 2. The lowest BCUT2D eigenvalue weighted by molar-refractivity contribution is 0.355. The first-order valence-corrected chi connectivity index (χ1v) is 5.86. The highest BCUT2D eigenvalue weighted by Gasteiger charge is 2.23. The van der Waals surface area contributed by atoms with Crippen molar-refractivity contribution < 1.29 is 9.47 Å². The molecule has 1 aliphatic carbocycles. The molecule has 0 unspecified atom stereocenters. The highest BCUT2D eigenvalue weighted by molar-refractivity contribution is 5.94. The quantitative estimate of drug-likeness (QED) is 0.793. The normalized spacial score (nSPS) is 13.8. The number of benzene rings is 1. The van der Waals surface area contributed by atoms with Crippen molar-refractivity contribution in [1.82, 2.24) is 4.98 Å². The fraction of sp³-hybridized carbons (Fsp3) is 0.357. The van der Waals surface area contributed by atoms with Crippen LogP contribution in [-0.2, 0) is 12.8 Å². The Kier molecular flexibility index (Phi) is 2.39. The lowest BCUT2D eigenvalue weighted by Gasteiger charge is -2.16. The van der Waals surface area contributed by atoms with Gasteiger partial charge in [0.1, 0.15) is 0 Å². The van der Waals surface area contributed by atoms with Crippen LogP contribution in [0.4, 0.5) is 0 Å². The minimum atomic E-state index is 0.838. The third kappa shape index (κ3) is 1.38. The van der Waals surface area contributed by atoms with Crippen molar-refractivity contribution in [3.8, 4) is 11.5 Å². The molecule has 0 fully saturated rings. The van der Waals surface area contributed by atoms with Crippen molar-refractivity contribution in [2.24, 2.45) is 0 Å². The van der Waals surface area contributed by atoms with E-state index in [-0.39, 0.29) is 0 Å². The molecule has 3 heteroatoms. The van der Waals surface area contributed by atoms with Crippen LogP contribution < -0.4 is 9.47 Å². The molecule has 3 rings (SSSR count). The first kappa shape index (κ1) is 10.4. The summed E-state index contributed by atoms with van der Waals surface area (Å²) >= 11 is 0. The van der Waals surface area contributed by atoms with E-state index >= 15 is 0 Å². The maximum Gasteiger partial charge on any atom is 0.168 e. The Morgan fingerprint density at radius 3 is 2.53 bits per heavy atom. The van der Waals surface area contributed by atoms with Gasteiger partial charge in [0.15, 0.2) is 11.5 Å². The van der Waals surface area contributed by atoms with Gasteiger partial charge in [0.2, 0.25) is 0 Å². The minimum Gasteiger partial charge on any atom is -0.493 e. The third-order valence-corrected chi connectivity index (χ3v) is 3.50. The summed E-state index contributed by atoms with van der Waals surface area (Å²) in [7, 11) is 3.41. The Hall–Kier alpha value is -1.77. The van der Waals surface area contributed by atoms with Gasteiger partial charge in [0.25, 0.3) is 0 Å². The average molecular weight is 229 g/mol. The van der Waals surface area contributed by atoms with Crippen LogP contribution in [0.15, 0.2) is 18.5 Å². The SMILES string of the molecule is COc1c2c(c3cnccc3c1OC)CCC2. The van der Waals surface area contributed by atoms with Crippen LogP contribution in [0.1, 0.15) is 17.5 Å². The Morgan fingerprint density at radius 2 is 1.76 bits per heavy atom. The lowest BCUT2D eigenvalue weighted by Crippen LogP contribution is -1.98. The minimum absolute atomic E-state index is 0.838. The molecule has 88 valence electrons. The maximum atomic E-state index is 5.54. The second-order valence-corrected chi connectivity index (χ2v) is 4.30. The highest BCUT2D eigenvalue weighted by Crippen LogP contribution is 2.44. The van der Waals surface area contributed by atoms with E-state index in [2.05, 4.69) is 4.98 Å². The van der Waals surface area contributed by atoms with Crippen molar-refractivity contribution in [2.45, 2.75) is 19.3 Å². The number of methoxy groups -OCH3 is 2. The van der Waals surface area contributed by atoms with E-state index in [1.54, 1.807) is 20.4 Å². The van der Waals surface area contributed by atoms with Crippen LogP contribution in [0.5, 0.6) is 11.5 Å². The molecular weight excluding hydrogens is 214 g/mol. The van der Waals surface area contributed by atoms with Crippen LogP contribution in [0.3, 0.4) is 0 Å². The van der Waals surface area contributed by atoms with Crippen molar-refractivity contribution in [2.75, 3.05) is 14.2 Å². The number of hydrogen-bond donors (Lipinski definition) is 0. The molecule has 0 atom stereocenters. The maximum absolute atomic E-state index is 5.54. The summed E-state index contributed by atoms with van der Waals surface area (Å²) in [5, 5.41) is 2.30. The van der Waals surface area contributed by atoms with Gasteiger partial charge in [0, 0.05) is 28.7 Å². The van der Waals surface area contributed by atoms with Gasteiger partial charge in [0.05, 0.1) is 14.2 Å². The van der Waals surface area contributed by atoms with Gasteiger partial charge in [-0.3, -0.25) is 4.98 Å². The highest BCUT2D eigenvalue weighted by atomic mass is 16.5. The summed E-state index contributed by atoms with van der Waals surface area (Å²) in [5.41, 5.74) is 2.68. The molecule has 0 radical (unpaired) electrons. The monoisotopic (exact) mass is 229 g/mol. The van der Waals surface area contributed by atoms with Gasteiger partial charge < -0.3 is 9.47 Å². The van der Waals surface area contributed by atoms with E-state index < -0.39 is 0 Å². The second kappa shape index (κ2) is 3.91. The van der Waals surface area contributed by atoms with E-state index in [0.717, 1.165) is 29.7 Å². The fourth-order valence-corrected chi connectivity index (χ4v) is 2.80. The van der Waals surface area contributed by atoms with Crippen molar-refractivity contribution in [1.29, 1.82) is 0 Å². The molecule has 0 saturated heterocycles. The first-order chi connectivity index (χ1) is 8.36. The summed E-state index contributed by atoms with van der Waals surface area (Å²) in [4.78, 5) is 4.22.